The molecule has 0 fully saturated rings. The summed E-state index contributed by atoms with van der Waals surface area (Å²) in [6.45, 7) is 2.81. The van der Waals surface area contributed by atoms with Crippen LogP contribution >= 0.6 is 0 Å². The monoisotopic (exact) mass is 404 g/mol. The number of anilines is 1. The number of hydrogen-bond donors (Lipinski definition) is 5. The Morgan fingerprint density at radius 1 is 1.10 bits per heavy atom. The highest BCUT2D eigenvalue weighted by molar-refractivity contribution is 6.08. The van der Waals surface area contributed by atoms with Gasteiger partial charge in [0, 0.05) is 17.3 Å². The predicted molar refractivity (Wildman–Crippen MR) is 116 cm³/mol. The molecule has 0 spiro atoms. The van der Waals surface area contributed by atoms with Crippen molar-refractivity contribution in [3.63, 3.8) is 0 Å². The molecule has 1 aliphatic heterocycles. The SMILES string of the molecule is CC1CN=C(c2ccc(NC(=O)c3c(O)[nH]c(CCc4ccccc4)c3O)cc2)N1. The van der Waals surface area contributed by atoms with Crippen LogP contribution in [0.25, 0.3) is 0 Å². The van der Waals surface area contributed by atoms with Crippen LogP contribution in [0.3, 0.4) is 0 Å². The quantitative estimate of drug-likeness (QED) is 0.435. The minimum atomic E-state index is -0.579. The number of rotatable bonds is 6. The average Bonchev–Trinajstić information content (AvgIpc) is 3.30. The van der Waals surface area contributed by atoms with Crippen molar-refractivity contribution < 1.29 is 15.0 Å². The summed E-state index contributed by atoms with van der Waals surface area (Å²) in [5.41, 5.74) is 2.87. The maximum atomic E-state index is 12.6. The maximum absolute atomic E-state index is 12.6. The first-order chi connectivity index (χ1) is 14.5. The molecule has 4 rings (SSSR count). The lowest BCUT2D eigenvalue weighted by Crippen LogP contribution is -2.27. The highest BCUT2D eigenvalue weighted by atomic mass is 16.3. The molecule has 1 aromatic heterocycles. The van der Waals surface area contributed by atoms with Gasteiger partial charge in [-0.3, -0.25) is 9.79 Å². The number of aromatic hydroxyl groups is 2. The van der Waals surface area contributed by atoms with E-state index in [1.807, 2.05) is 42.5 Å². The number of amidine groups is 1. The Morgan fingerprint density at radius 3 is 2.50 bits per heavy atom. The van der Waals surface area contributed by atoms with Crippen molar-refractivity contribution in [2.75, 3.05) is 11.9 Å². The lowest BCUT2D eigenvalue weighted by molar-refractivity contribution is 0.102. The fourth-order valence-corrected chi connectivity index (χ4v) is 3.47. The Kier molecular flexibility index (Phi) is 5.43. The summed E-state index contributed by atoms with van der Waals surface area (Å²) in [5, 5.41) is 26.6. The highest BCUT2D eigenvalue weighted by Gasteiger charge is 2.23. The van der Waals surface area contributed by atoms with Gasteiger partial charge in [0.15, 0.2) is 5.75 Å². The number of carbonyl (C=O) groups excluding carboxylic acids is 1. The summed E-state index contributed by atoms with van der Waals surface area (Å²) in [7, 11) is 0. The summed E-state index contributed by atoms with van der Waals surface area (Å²) in [4.78, 5) is 19.8. The van der Waals surface area contributed by atoms with Crippen LogP contribution in [0, 0.1) is 0 Å². The molecule has 0 bridgehead atoms. The molecule has 1 atom stereocenters. The van der Waals surface area contributed by atoms with Crippen LogP contribution in [-0.2, 0) is 12.8 Å². The Bertz CT molecular complexity index is 1070. The van der Waals surface area contributed by atoms with Crippen LogP contribution < -0.4 is 10.6 Å². The van der Waals surface area contributed by atoms with Gasteiger partial charge in [-0.05, 0) is 49.6 Å². The van der Waals surface area contributed by atoms with Gasteiger partial charge in [0.25, 0.3) is 5.91 Å². The van der Waals surface area contributed by atoms with E-state index >= 15 is 0 Å². The minimum Gasteiger partial charge on any atom is -0.505 e. The first kappa shape index (κ1) is 19.6. The van der Waals surface area contributed by atoms with Crippen LogP contribution in [0.15, 0.2) is 59.6 Å². The molecule has 2 heterocycles. The fourth-order valence-electron chi connectivity index (χ4n) is 3.47. The van der Waals surface area contributed by atoms with Crippen LogP contribution in [-0.4, -0.2) is 39.5 Å². The summed E-state index contributed by atoms with van der Waals surface area (Å²) in [5.74, 6) is -0.312. The van der Waals surface area contributed by atoms with Crippen molar-refractivity contribution in [2.45, 2.75) is 25.8 Å². The molecular formula is C23H24N4O3. The van der Waals surface area contributed by atoms with E-state index in [0.717, 1.165) is 23.5 Å². The standard InChI is InChI=1S/C23H24N4O3/c1-14-13-24-21(25-14)16-8-10-17(11-9-16)26-22(29)19-20(28)18(27-23(19)30)12-7-15-5-3-2-4-6-15/h2-6,8-11,14,27-28,30H,7,12-13H2,1H3,(H,24,25)(H,26,29). The van der Waals surface area contributed by atoms with Gasteiger partial charge >= 0.3 is 0 Å². The second kappa shape index (κ2) is 8.32. The largest absolute Gasteiger partial charge is 0.505 e. The molecule has 0 aliphatic carbocycles. The van der Waals surface area contributed by atoms with E-state index in [1.54, 1.807) is 12.1 Å². The van der Waals surface area contributed by atoms with Crippen molar-refractivity contribution in [3.05, 3.63) is 77.0 Å². The number of amides is 1. The number of nitrogens with one attached hydrogen (secondary N) is 3. The lowest BCUT2D eigenvalue weighted by Gasteiger charge is -2.08. The van der Waals surface area contributed by atoms with Crippen molar-refractivity contribution in [1.82, 2.24) is 10.3 Å². The minimum absolute atomic E-state index is 0.155. The number of aliphatic imine (C=N–C) groups is 1. The van der Waals surface area contributed by atoms with Gasteiger partial charge < -0.3 is 25.8 Å². The number of aromatic nitrogens is 1. The van der Waals surface area contributed by atoms with Crippen LogP contribution in [0.4, 0.5) is 5.69 Å². The first-order valence-electron chi connectivity index (χ1n) is 9.90. The van der Waals surface area contributed by atoms with E-state index < -0.39 is 5.91 Å². The number of nitrogens with zero attached hydrogens (tertiary/aromatic N) is 1. The molecule has 1 unspecified atom stereocenters. The number of hydrogen-bond acceptors (Lipinski definition) is 5. The van der Waals surface area contributed by atoms with Crippen molar-refractivity contribution in [1.29, 1.82) is 0 Å². The Morgan fingerprint density at radius 2 is 1.83 bits per heavy atom. The van der Waals surface area contributed by atoms with Gasteiger partial charge in [0.1, 0.15) is 11.4 Å². The molecule has 3 aromatic rings. The van der Waals surface area contributed by atoms with Crippen molar-refractivity contribution in [2.24, 2.45) is 4.99 Å². The molecule has 5 N–H and O–H groups in total. The molecule has 154 valence electrons. The summed E-state index contributed by atoms with van der Waals surface area (Å²) in [6.07, 6.45) is 1.15. The highest BCUT2D eigenvalue weighted by Crippen LogP contribution is 2.32. The molecular weight excluding hydrogens is 380 g/mol. The van der Waals surface area contributed by atoms with Crippen LogP contribution in [0.5, 0.6) is 11.6 Å². The molecule has 0 radical (unpaired) electrons. The third kappa shape index (κ3) is 4.15. The van der Waals surface area contributed by atoms with Crippen LogP contribution in [0.1, 0.15) is 34.1 Å². The number of carbonyl (C=O) groups is 1. The lowest BCUT2D eigenvalue weighted by atomic mass is 10.1. The smallest absolute Gasteiger partial charge is 0.264 e. The summed E-state index contributed by atoms with van der Waals surface area (Å²) >= 11 is 0. The fraction of sp³-hybridized carbons (Fsp3) is 0.217. The average molecular weight is 404 g/mol. The second-order valence-electron chi connectivity index (χ2n) is 7.43. The number of aryl methyl sites for hydroxylation is 2. The van der Waals surface area contributed by atoms with E-state index in [9.17, 15) is 15.0 Å². The van der Waals surface area contributed by atoms with Gasteiger partial charge in [-0.1, -0.05) is 30.3 Å². The van der Waals surface area contributed by atoms with Crippen molar-refractivity contribution in [3.8, 4) is 11.6 Å². The molecule has 1 amide bonds. The van der Waals surface area contributed by atoms with E-state index in [-0.39, 0.29) is 17.2 Å². The van der Waals surface area contributed by atoms with E-state index in [4.69, 9.17) is 0 Å². The predicted octanol–water partition coefficient (Wildman–Crippen LogP) is 3.20. The second-order valence-corrected chi connectivity index (χ2v) is 7.43. The Hall–Kier alpha value is -3.74. The van der Waals surface area contributed by atoms with E-state index in [2.05, 4.69) is 27.5 Å². The Balaban J connectivity index is 1.44. The van der Waals surface area contributed by atoms with E-state index in [1.165, 1.54) is 0 Å². The zero-order valence-corrected chi connectivity index (χ0v) is 16.6. The molecule has 30 heavy (non-hydrogen) atoms. The van der Waals surface area contributed by atoms with Gasteiger partial charge in [-0.15, -0.1) is 0 Å². The third-order valence-electron chi connectivity index (χ3n) is 5.08. The summed E-state index contributed by atoms with van der Waals surface area (Å²) in [6, 6.07) is 17.4. The summed E-state index contributed by atoms with van der Waals surface area (Å²) < 4.78 is 0. The normalized spacial score (nSPS) is 15.5. The molecule has 1 aliphatic rings. The molecule has 7 heteroatoms. The number of benzene rings is 2. The number of aromatic amines is 1. The van der Waals surface area contributed by atoms with Gasteiger partial charge in [-0.2, -0.15) is 0 Å². The third-order valence-corrected chi connectivity index (χ3v) is 5.08. The van der Waals surface area contributed by atoms with Gasteiger partial charge in [0.05, 0.1) is 12.2 Å². The zero-order valence-electron chi connectivity index (χ0n) is 16.6. The first-order valence-corrected chi connectivity index (χ1v) is 9.90. The molecule has 0 saturated heterocycles. The molecule has 7 nitrogen and oxygen atoms in total. The van der Waals surface area contributed by atoms with Crippen LogP contribution in [0.2, 0.25) is 0 Å². The van der Waals surface area contributed by atoms with Crippen molar-refractivity contribution >= 4 is 17.4 Å². The topological polar surface area (TPSA) is 110 Å². The molecule has 2 aromatic carbocycles. The maximum Gasteiger partial charge on any atom is 0.264 e. The Labute approximate surface area is 174 Å². The number of H-pyrrole nitrogens is 1. The van der Waals surface area contributed by atoms with E-state index in [0.29, 0.717) is 30.3 Å². The zero-order chi connectivity index (χ0) is 21.1. The van der Waals surface area contributed by atoms with Gasteiger partial charge in [-0.25, -0.2) is 0 Å². The molecule has 0 saturated carbocycles. The van der Waals surface area contributed by atoms with Gasteiger partial charge in [0.2, 0.25) is 5.88 Å².